The number of hydrogen-bond donors (Lipinski definition) is 1. The van der Waals surface area contributed by atoms with Gasteiger partial charge >= 0.3 is 6.03 Å². The van der Waals surface area contributed by atoms with E-state index in [-0.39, 0.29) is 30.4 Å². The molecule has 2 aliphatic rings. The summed E-state index contributed by atoms with van der Waals surface area (Å²) >= 11 is 0. The number of benzene rings is 2. The third-order valence-corrected chi connectivity index (χ3v) is 4.87. The number of nitrogens with one attached hydrogen (secondary N) is 1. The molecule has 0 spiro atoms. The molecule has 6 nitrogen and oxygen atoms in total. The van der Waals surface area contributed by atoms with Gasteiger partial charge in [-0.15, -0.1) is 0 Å². The molecule has 2 saturated heterocycles. The van der Waals surface area contributed by atoms with Crippen molar-refractivity contribution in [2.75, 3.05) is 19.6 Å². The molecule has 0 bridgehead atoms. The van der Waals surface area contributed by atoms with Gasteiger partial charge in [0.1, 0.15) is 0 Å². The van der Waals surface area contributed by atoms with E-state index in [4.69, 9.17) is 0 Å². The van der Waals surface area contributed by atoms with Crippen LogP contribution in [0.15, 0.2) is 54.6 Å². The normalized spacial score (nSPS) is 17.2. The lowest BCUT2D eigenvalue weighted by Gasteiger charge is -2.42. The predicted molar refractivity (Wildman–Crippen MR) is 96.2 cm³/mol. The molecular weight excluding hydrogens is 330 g/mol. The van der Waals surface area contributed by atoms with Crippen molar-refractivity contribution >= 4 is 17.8 Å². The molecule has 26 heavy (non-hydrogen) atoms. The molecule has 0 aliphatic carbocycles. The van der Waals surface area contributed by atoms with Gasteiger partial charge in [-0.3, -0.25) is 14.5 Å². The summed E-state index contributed by atoms with van der Waals surface area (Å²) in [5.41, 5.74) is 3.21. The summed E-state index contributed by atoms with van der Waals surface area (Å²) in [4.78, 5) is 38.6. The van der Waals surface area contributed by atoms with Crippen molar-refractivity contribution < 1.29 is 14.4 Å². The summed E-state index contributed by atoms with van der Waals surface area (Å²) in [5.74, 6) is -0.204. The Morgan fingerprint density at radius 2 is 1.62 bits per heavy atom. The third kappa shape index (κ3) is 3.06. The number of likely N-dealkylation sites (tertiary alicyclic amines) is 1. The van der Waals surface area contributed by atoms with Crippen LogP contribution in [0.4, 0.5) is 4.79 Å². The lowest BCUT2D eigenvalue weighted by Crippen LogP contribution is -2.62. The number of carbonyl (C=O) groups excluding carboxylic acids is 3. The Hall–Kier alpha value is -3.15. The van der Waals surface area contributed by atoms with Gasteiger partial charge < -0.3 is 10.2 Å². The average Bonchev–Trinajstić information content (AvgIpc) is 2.94. The largest absolute Gasteiger partial charge is 0.338 e. The second-order valence-electron chi connectivity index (χ2n) is 6.61. The smallest absolute Gasteiger partial charge is 0.324 e. The fourth-order valence-electron chi connectivity index (χ4n) is 3.36. The minimum absolute atomic E-state index is 0.0146. The standard InChI is InChI=1S/C20H19N3O3/c24-18(22-12-17(13-22)23-19(25)11-21-20(23)26)10-14-6-8-16(9-7-14)15-4-2-1-3-5-15/h1-9,17H,10-13H2,(H,21,26). The molecule has 0 unspecified atom stereocenters. The van der Waals surface area contributed by atoms with Gasteiger partial charge in [-0.05, 0) is 16.7 Å². The SMILES string of the molecule is O=C(Cc1ccc(-c2ccccc2)cc1)N1CC(N2C(=O)CNC2=O)C1. The number of nitrogens with zero attached hydrogens (tertiary/aromatic N) is 2. The van der Waals surface area contributed by atoms with Crippen LogP contribution in [0, 0.1) is 0 Å². The van der Waals surface area contributed by atoms with Crippen LogP contribution in [-0.2, 0) is 16.0 Å². The van der Waals surface area contributed by atoms with Crippen molar-refractivity contribution in [3.63, 3.8) is 0 Å². The fraction of sp³-hybridized carbons (Fsp3) is 0.250. The molecule has 4 amide bonds. The van der Waals surface area contributed by atoms with Gasteiger partial charge in [0.15, 0.2) is 0 Å². The minimum Gasteiger partial charge on any atom is -0.338 e. The zero-order chi connectivity index (χ0) is 18.1. The summed E-state index contributed by atoms with van der Waals surface area (Å²) in [6.45, 7) is 0.886. The molecule has 132 valence electrons. The van der Waals surface area contributed by atoms with Crippen LogP contribution in [0.2, 0.25) is 0 Å². The maximum absolute atomic E-state index is 12.4. The van der Waals surface area contributed by atoms with Crippen molar-refractivity contribution in [1.29, 1.82) is 0 Å². The van der Waals surface area contributed by atoms with Crippen LogP contribution in [0.5, 0.6) is 0 Å². The molecule has 2 heterocycles. The number of imide groups is 1. The van der Waals surface area contributed by atoms with Gasteiger partial charge in [-0.1, -0.05) is 54.6 Å². The van der Waals surface area contributed by atoms with E-state index in [9.17, 15) is 14.4 Å². The van der Waals surface area contributed by atoms with E-state index in [0.29, 0.717) is 19.5 Å². The average molecular weight is 349 g/mol. The lowest BCUT2D eigenvalue weighted by molar-refractivity contribution is -0.141. The molecule has 4 rings (SSSR count). The Balaban J connectivity index is 1.33. The molecular formula is C20H19N3O3. The van der Waals surface area contributed by atoms with Gasteiger partial charge in [-0.2, -0.15) is 0 Å². The Labute approximate surface area is 151 Å². The number of rotatable bonds is 4. The van der Waals surface area contributed by atoms with Crippen LogP contribution in [0.25, 0.3) is 11.1 Å². The van der Waals surface area contributed by atoms with E-state index in [1.807, 2.05) is 42.5 Å². The second kappa shape index (κ2) is 6.63. The highest BCUT2D eigenvalue weighted by atomic mass is 16.2. The highest BCUT2D eigenvalue weighted by Crippen LogP contribution is 2.21. The van der Waals surface area contributed by atoms with Crippen LogP contribution in [0.1, 0.15) is 5.56 Å². The van der Waals surface area contributed by atoms with Crippen molar-refractivity contribution in [3.8, 4) is 11.1 Å². The van der Waals surface area contributed by atoms with Gasteiger partial charge in [0.25, 0.3) is 0 Å². The molecule has 2 aromatic rings. The zero-order valence-electron chi connectivity index (χ0n) is 14.2. The summed E-state index contributed by atoms with van der Waals surface area (Å²) < 4.78 is 0. The number of carbonyl (C=O) groups is 3. The zero-order valence-corrected chi connectivity index (χ0v) is 14.2. The third-order valence-electron chi connectivity index (χ3n) is 4.87. The van der Waals surface area contributed by atoms with E-state index in [1.165, 1.54) is 4.90 Å². The number of hydrogen-bond acceptors (Lipinski definition) is 3. The Kier molecular flexibility index (Phi) is 4.16. The van der Waals surface area contributed by atoms with E-state index < -0.39 is 0 Å². The van der Waals surface area contributed by atoms with Gasteiger partial charge in [0.2, 0.25) is 11.8 Å². The number of urea groups is 1. The van der Waals surface area contributed by atoms with Gasteiger partial charge in [0.05, 0.1) is 19.0 Å². The first-order valence-corrected chi connectivity index (χ1v) is 8.64. The molecule has 6 heteroatoms. The topological polar surface area (TPSA) is 69.7 Å². The molecule has 2 fully saturated rings. The lowest BCUT2D eigenvalue weighted by atomic mass is 10.0. The maximum atomic E-state index is 12.4. The Morgan fingerprint density at radius 3 is 2.23 bits per heavy atom. The quantitative estimate of drug-likeness (QED) is 0.854. The van der Waals surface area contributed by atoms with Crippen molar-refractivity contribution in [2.45, 2.75) is 12.5 Å². The van der Waals surface area contributed by atoms with E-state index in [2.05, 4.69) is 17.4 Å². The molecule has 0 radical (unpaired) electrons. The summed E-state index contributed by atoms with van der Waals surface area (Å²) in [6.07, 6.45) is 0.321. The van der Waals surface area contributed by atoms with E-state index in [1.54, 1.807) is 4.90 Å². The van der Waals surface area contributed by atoms with Crippen LogP contribution < -0.4 is 5.32 Å². The minimum atomic E-state index is -0.358. The predicted octanol–water partition coefficient (Wildman–Crippen LogP) is 1.66. The second-order valence-corrected chi connectivity index (χ2v) is 6.61. The first-order valence-electron chi connectivity index (χ1n) is 8.64. The number of amides is 4. The first kappa shape index (κ1) is 16.3. The molecule has 0 aromatic heterocycles. The van der Waals surface area contributed by atoms with Gasteiger partial charge in [0, 0.05) is 13.1 Å². The van der Waals surface area contributed by atoms with E-state index in [0.717, 1.165) is 16.7 Å². The molecule has 0 saturated carbocycles. The summed E-state index contributed by atoms with van der Waals surface area (Å²) in [7, 11) is 0. The molecule has 0 atom stereocenters. The van der Waals surface area contributed by atoms with Crippen LogP contribution in [-0.4, -0.2) is 53.3 Å². The first-order chi connectivity index (χ1) is 12.6. The van der Waals surface area contributed by atoms with Crippen molar-refractivity contribution in [1.82, 2.24) is 15.1 Å². The monoisotopic (exact) mass is 349 g/mol. The van der Waals surface area contributed by atoms with Crippen molar-refractivity contribution in [2.24, 2.45) is 0 Å². The Bertz CT molecular complexity index is 826. The van der Waals surface area contributed by atoms with E-state index >= 15 is 0 Å². The molecule has 1 N–H and O–H groups in total. The summed E-state index contributed by atoms with van der Waals surface area (Å²) in [6, 6.07) is 17.5. The van der Waals surface area contributed by atoms with Gasteiger partial charge in [-0.25, -0.2) is 4.79 Å². The Morgan fingerprint density at radius 1 is 0.962 bits per heavy atom. The molecule has 2 aromatic carbocycles. The highest BCUT2D eigenvalue weighted by Gasteiger charge is 2.42. The summed E-state index contributed by atoms with van der Waals surface area (Å²) in [5, 5.41) is 2.51. The van der Waals surface area contributed by atoms with Crippen molar-refractivity contribution in [3.05, 3.63) is 60.2 Å². The van der Waals surface area contributed by atoms with Crippen LogP contribution >= 0.6 is 0 Å². The van der Waals surface area contributed by atoms with Crippen LogP contribution in [0.3, 0.4) is 0 Å². The fourth-order valence-corrected chi connectivity index (χ4v) is 3.36. The maximum Gasteiger partial charge on any atom is 0.324 e. The highest BCUT2D eigenvalue weighted by molar-refractivity contribution is 6.02. The molecule has 2 aliphatic heterocycles.